The van der Waals surface area contributed by atoms with Crippen LogP contribution in [-0.4, -0.2) is 25.5 Å². The normalized spacial score (nSPS) is 12.7. The second-order valence-electron chi connectivity index (χ2n) is 7.44. The molecule has 2 amide bonds. The van der Waals surface area contributed by atoms with E-state index in [2.05, 4.69) is 29.7 Å². The Labute approximate surface area is 181 Å². The largest absolute Gasteiger partial charge is 0.482 e. The van der Waals surface area contributed by atoms with Crippen LogP contribution in [0.5, 0.6) is 5.75 Å². The Morgan fingerprint density at radius 3 is 2.74 bits per heavy atom. The zero-order valence-electron chi connectivity index (χ0n) is 17.6. The molecule has 0 bridgehead atoms. The van der Waals surface area contributed by atoms with Crippen molar-refractivity contribution in [3.63, 3.8) is 0 Å². The second kappa shape index (κ2) is 8.92. The SMILES string of the molecule is CCc1ccccc1NCc1cccc(C(=O)Nc2ccc3c(c2)N(C)C(=O)CO3)c1. The molecule has 0 spiro atoms. The zero-order valence-corrected chi connectivity index (χ0v) is 17.6. The van der Waals surface area contributed by atoms with Crippen molar-refractivity contribution in [2.24, 2.45) is 0 Å². The van der Waals surface area contributed by atoms with Gasteiger partial charge in [0.2, 0.25) is 0 Å². The number of carbonyl (C=O) groups excluding carboxylic acids is 2. The summed E-state index contributed by atoms with van der Waals surface area (Å²) in [6.07, 6.45) is 0.957. The smallest absolute Gasteiger partial charge is 0.264 e. The van der Waals surface area contributed by atoms with E-state index in [-0.39, 0.29) is 18.4 Å². The van der Waals surface area contributed by atoms with Crippen molar-refractivity contribution in [2.75, 3.05) is 29.2 Å². The molecule has 2 N–H and O–H groups in total. The van der Waals surface area contributed by atoms with Gasteiger partial charge >= 0.3 is 0 Å². The molecular weight excluding hydrogens is 390 g/mol. The van der Waals surface area contributed by atoms with Crippen LogP contribution in [0, 0.1) is 0 Å². The summed E-state index contributed by atoms with van der Waals surface area (Å²) in [5.41, 5.74) is 5.20. The van der Waals surface area contributed by atoms with Gasteiger partial charge in [-0.05, 0) is 53.9 Å². The minimum atomic E-state index is -0.207. The fraction of sp³-hybridized carbons (Fsp3) is 0.200. The summed E-state index contributed by atoms with van der Waals surface area (Å²) in [6.45, 7) is 2.78. The lowest BCUT2D eigenvalue weighted by Gasteiger charge is -2.26. The number of aryl methyl sites for hydroxylation is 1. The standard InChI is InChI=1S/C25H25N3O3/c1-3-18-8-4-5-10-21(18)26-15-17-7-6-9-19(13-17)25(30)27-20-11-12-23-22(14-20)28(2)24(29)16-31-23/h4-14,26H,3,15-16H2,1-2H3,(H,27,30). The van der Waals surface area contributed by atoms with E-state index < -0.39 is 0 Å². The maximum atomic E-state index is 12.8. The molecule has 31 heavy (non-hydrogen) atoms. The number of anilines is 3. The number of rotatable bonds is 6. The van der Waals surface area contributed by atoms with Crippen molar-refractivity contribution in [1.29, 1.82) is 0 Å². The van der Waals surface area contributed by atoms with Crippen LogP contribution in [0.15, 0.2) is 66.7 Å². The zero-order chi connectivity index (χ0) is 21.8. The molecule has 6 heteroatoms. The number of hydrogen-bond acceptors (Lipinski definition) is 4. The third kappa shape index (κ3) is 4.53. The quantitative estimate of drug-likeness (QED) is 0.623. The fourth-order valence-electron chi connectivity index (χ4n) is 3.57. The van der Waals surface area contributed by atoms with E-state index in [0.29, 0.717) is 29.2 Å². The average molecular weight is 415 g/mol. The van der Waals surface area contributed by atoms with Gasteiger partial charge in [0, 0.05) is 30.5 Å². The van der Waals surface area contributed by atoms with E-state index in [1.807, 2.05) is 30.3 Å². The highest BCUT2D eigenvalue weighted by Gasteiger charge is 2.22. The van der Waals surface area contributed by atoms with Gasteiger partial charge in [-0.2, -0.15) is 0 Å². The average Bonchev–Trinajstić information content (AvgIpc) is 2.80. The van der Waals surface area contributed by atoms with Crippen LogP contribution in [0.3, 0.4) is 0 Å². The van der Waals surface area contributed by atoms with Gasteiger partial charge in [-0.1, -0.05) is 37.3 Å². The van der Waals surface area contributed by atoms with Crippen molar-refractivity contribution in [1.82, 2.24) is 0 Å². The lowest BCUT2D eigenvalue weighted by atomic mass is 10.1. The molecule has 1 heterocycles. The molecule has 3 aromatic carbocycles. The van der Waals surface area contributed by atoms with Crippen molar-refractivity contribution in [2.45, 2.75) is 19.9 Å². The predicted octanol–water partition coefficient (Wildman–Crippen LogP) is 4.47. The Morgan fingerprint density at radius 1 is 1.06 bits per heavy atom. The van der Waals surface area contributed by atoms with E-state index in [1.165, 1.54) is 10.5 Å². The first-order valence-corrected chi connectivity index (χ1v) is 10.3. The van der Waals surface area contributed by atoms with Crippen LogP contribution in [0.25, 0.3) is 0 Å². The van der Waals surface area contributed by atoms with Crippen LogP contribution in [0.2, 0.25) is 0 Å². The van der Waals surface area contributed by atoms with Crippen LogP contribution in [-0.2, 0) is 17.8 Å². The summed E-state index contributed by atoms with van der Waals surface area (Å²) in [5.74, 6) is 0.294. The summed E-state index contributed by atoms with van der Waals surface area (Å²) >= 11 is 0. The number of nitrogens with zero attached hydrogens (tertiary/aromatic N) is 1. The number of nitrogens with one attached hydrogen (secondary N) is 2. The number of ether oxygens (including phenoxy) is 1. The molecule has 158 valence electrons. The van der Waals surface area contributed by atoms with Gasteiger partial charge < -0.3 is 20.3 Å². The number of likely N-dealkylation sites (N-methyl/N-ethyl adjacent to an activating group) is 1. The van der Waals surface area contributed by atoms with Crippen molar-refractivity contribution < 1.29 is 14.3 Å². The Morgan fingerprint density at radius 2 is 1.90 bits per heavy atom. The van der Waals surface area contributed by atoms with E-state index in [9.17, 15) is 9.59 Å². The van der Waals surface area contributed by atoms with Gasteiger partial charge in [0.1, 0.15) is 5.75 Å². The molecule has 0 aliphatic carbocycles. The summed E-state index contributed by atoms with van der Waals surface area (Å²) in [4.78, 5) is 26.2. The molecule has 1 aliphatic rings. The second-order valence-corrected chi connectivity index (χ2v) is 7.44. The molecule has 0 atom stereocenters. The molecule has 0 fully saturated rings. The molecule has 1 aliphatic heterocycles. The van der Waals surface area contributed by atoms with Gasteiger partial charge in [-0.3, -0.25) is 9.59 Å². The summed E-state index contributed by atoms with van der Waals surface area (Å²) in [7, 11) is 1.70. The van der Waals surface area contributed by atoms with Gasteiger partial charge in [-0.25, -0.2) is 0 Å². The maximum Gasteiger partial charge on any atom is 0.264 e. The highest BCUT2D eigenvalue weighted by atomic mass is 16.5. The van der Waals surface area contributed by atoms with Gasteiger partial charge in [0.05, 0.1) is 5.69 Å². The van der Waals surface area contributed by atoms with Crippen LogP contribution < -0.4 is 20.3 Å². The topological polar surface area (TPSA) is 70.7 Å². The molecule has 6 nitrogen and oxygen atoms in total. The van der Waals surface area contributed by atoms with Crippen molar-refractivity contribution in [3.8, 4) is 5.75 Å². The molecule has 0 radical (unpaired) electrons. The van der Waals surface area contributed by atoms with Gasteiger partial charge in [0.15, 0.2) is 6.61 Å². The van der Waals surface area contributed by atoms with Crippen LogP contribution in [0.1, 0.15) is 28.4 Å². The lowest BCUT2D eigenvalue weighted by Crippen LogP contribution is -2.35. The number of carbonyl (C=O) groups is 2. The van der Waals surface area contributed by atoms with E-state index in [4.69, 9.17) is 4.74 Å². The number of benzene rings is 3. The lowest BCUT2D eigenvalue weighted by molar-refractivity contribution is -0.120. The minimum absolute atomic E-state index is 0.0266. The molecule has 3 aromatic rings. The summed E-state index contributed by atoms with van der Waals surface area (Å²) < 4.78 is 5.44. The van der Waals surface area contributed by atoms with E-state index >= 15 is 0 Å². The van der Waals surface area contributed by atoms with Crippen LogP contribution in [0.4, 0.5) is 17.1 Å². The first-order valence-electron chi connectivity index (χ1n) is 10.3. The molecule has 0 saturated carbocycles. The number of amides is 2. The van der Waals surface area contributed by atoms with Crippen molar-refractivity contribution >= 4 is 28.9 Å². The minimum Gasteiger partial charge on any atom is -0.482 e. The molecule has 0 unspecified atom stereocenters. The molecule has 0 saturated heterocycles. The first-order chi connectivity index (χ1) is 15.0. The summed E-state index contributed by atoms with van der Waals surface area (Å²) in [6, 6.07) is 21.1. The van der Waals surface area contributed by atoms with E-state index in [0.717, 1.165) is 17.7 Å². The molecule has 4 rings (SSSR count). The predicted molar refractivity (Wildman–Crippen MR) is 123 cm³/mol. The monoisotopic (exact) mass is 415 g/mol. The van der Waals surface area contributed by atoms with Gasteiger partial charge in [-0.15, -0.1) is 0 Å². The Bertz CT molecular complexity index is 1130. The number of fused-ring (bicyclic) bond motifs is 1. The van der Waals surface area contributed by atoms with E-state index in [1.54, 1.807) is 31.3 Å². The third-order valence-electron chi connectivity index (χ3n) is 5.37. The fourth-order valence-corrected chi connectivity index (χ4v) is 3.57. The van der Waals surface area contributed by atoms with Crippen molar-refractivity contribution in [3.05, 3.63) is 83.4 Å². The Kier molecular flexibility index (Phi) is 5.89. The molecular formula is C25H25N3O3. The number of para-hydroxylation sites is 1. The number of hydrogen-bond donors (Lipinski definition) is 2. The third-order valence-corrected chi connectivity index (χ3v) is 5.37. The van der Waals surface area contributed by atoms with Gasteiger partial charge in [0.25, 0.3) is 11.8 Å². The van der Waals surface area contributed by atoms with Crippen LogP contribution >= 0.6 is 0 Å². The highest BCUT2D eigenvalue weighted by molar-refractivity contribution is 6.05. The Balaban J connectivity index is 1.46. The first kappa shape index (κ1) is 20.5. The molecule has 0 aromatic heterocycles. The Hall–Kier alpha value is -3.80. The summed E-state index contributed by atoms with van der Waals surface area (Å²) in [5, 5.41) is 6.37. The maximum absolute atomic E-state index is 12.8. The highest BCUT2D eigenvalue weighted by Crippen LogP contribution is 2.33.